The van der Waals surface area contributed by atoms with Gasteiger partial charge in [-0.3, -0.25) is 4.68 Å². The number of nitrogens with zero attached hydrogens (tertiary/aromatic N) is 2. The molecule has 4 nitrogen and oxygen atoms in total. The molecule has 0 bridgehead atoms. The molecular formula is C15H18FN3O. The molecule has 106 valence electrons. The van der Waals surface area contributed by atoms with Crippen molar-refractivity contribution in [1.82, 2.24) is 15.1 Å². The van der Waals surface area contributed by atoms with Crippen molar-refractivity contribution >= 4 is 0 Å². The van der Waals surface area contributed by atoms with Gasteiger partial charge >= 0.3 is 0 Å². The van der Waals surface area contributed by atoms with Crippen molar-refractivity contribution in [3.8, 4) is 11.5 Å². The van der Waals surface area contributed by atoms with E-state index in [1.54, 1.807) is 24.4 Å². The van der Waals surface area contributed by atoms with Crippen molar-refractivity contribution in [3.05, 3.63) is 42.0 Å². The molecule has 1 aliphatic heterocycles. The van der Waals surface area contributed by atoms with Crippen LogP contribution in [0.3, 0.4) is 0 Å². The Kier molecular flexibility index (Phi) is 3.69. The topological polar surface area (TPSA) is 39.1 Å². The molecule has 20 heavy (non-hydrogen) atoms. The van der Waals surface area contributed by atoms with Gasteiger partial charge in [-0.15, -0.1) is 0 Å². The SMILES string of the molecule is Cc1c(Oc2ccccc2F)cnn1C1CCNCC1. The Balaban J connectivity index is 1.81. The van der Waals surface area contributed by atoms with E-state index in [-0.39, 0.29) is 11.6 Å². The molecule has 1 aromatic heterocycles. The Bertz CT molecular complexity index is 591. The molecule has 1 fully saturated rings. The molecule has 0 spiro atoms. The van der Waals surface area contributed by atoms with Crippen LogP contribution in [0.5, 0.6) is 11.5 Å². The molecule has 2 aromatic rings. The number of halogens is 1. The van der Waals surface area contributed by atoms with Gasteiger partial charge < -0.3 is 10.1 Å². The van der Waals surface area contributed by atoms with Crippen molar-refractivity contribution in [2.45, 2.75) is 25.8 Å². The summed E-state index contributed by atoms with van der Waals surface area (Å²) in [6, 6.07) is 6.81. The van der Waals surface area contributed by atoms with Gasteiger partial charge in [0.1, 0.15) is 0 Å². The molecule has 0 amide bonds. The van der Waals surface area contributed by atoms with E-state index >= 15 is 0 Å². The van der Waals surface area contributed by atoms with E-state index in [4.69, 9.17) is 4.74 Å². The largest absolute Gasteiger partial charge is 0.451 e. The molecule has 0 unspecified atom stereocenters. The van der Waals surface area contributed by atoms with Crippen LogP contribution in [0.15, 0.2) is 30.5 Å². The summed E-state index contributed by atoms with van der Waals surface area (Å²) in [4.78, 5) is 0. The summed E-state index contributed by atoms with van der Waals surface area (Å²) >= 11 is 0. The highest BCUT2D eigenvalue weighted by Crippen LogP contribution is 2.29. The quantitative estimate of drug-likeness (QED) is 0.935. The minimum absolute atomic E-state index is 0.237. The van der Waals surface area contributed by atoms with Crippen LogP contribution < -0.4 is 10.1 Å². The first-order chi connectivity index (χ1) is 9.75. The van der Waals surface area contributed by atoms with Gasteiger partial charge in [-0.2, -0.15) is 5.10 Å². The lowest BCUT2D eigenvalue weighted by Crippen LogP contribution is -2.30. The number of rotatable bonds is 3. The van der Waals surface area contributed by atoms with Gasteiger partial charge in [0.15, 0.2) is 17.3 Å². The predicted molar refractivity (Wildman–Crippen MR) is 74.6 cm³/mol. The van der Waals surface area contributed by atoms with Gasteiger partial charge in [0.25, 0.3) is 0 Å². The van der Waals surface area contributed by atoms with Crippen molar-refractivity contribution in [1.29, 1.82) is 0 Å². The summed E-state index contributed by atoms with van der Waals surface area (Å²) < 4.78 is 21.2. The molecule has 1 aromatic carbocycles. The Morgan fingerprint density at radius 2 is 2.00 bits per heavy atom. The van der Waals surface area contributed by atoms with Crippen molar-refractivity contribution < 1.29 is 9.13 Å². The molecule has 3 rings (SSSR count). The van der Waals surface area contributed by atoms with Gasteiger partial charge in [0, 0.05) is 0 Å². The molecule has 5 heteroatoms. The summed E-state index contributed by atoms with van der Waals surface area (Å²) in [6.45, 7) is 3.98. The standard InChI is InChI=1S/C15H18FN3O/c1-11-15(20-14-5-3-2-4-13(14)16)10-18-19(11)12-6-8-17-9-7-12/h2-5,10,12,17H,6-9H2,1H3. The average Bonchev–Trinajstić information content (AvgIpc) is 2.84. The summed E-state index contributed by atoms with van der Waals surface area (Å²) in [6.07, 6.45) is 3.78. The van der Waals surface area contributed by atoms with Crippen LogP contribution in [0.1, 0.15) is 24.6 Å². The second-order valence-electron chi connectivity index (χ2n) is 5.05. The minimum atomic E-state index is -0.360. The lowest BCUT2D eigenvalue weighted by molar-refractivity contribution is 0.336. The molecule has 0 atom stereocenters. The van der Waals surface area contributed by atoms with E-state index in [2.05, 4.69) is 10.4 Å². The van der Waals surface area contributed by atoms with Gasteiger partial charge in [-0.1, -0.05) is 12.1 Å². The number of benzene rings is 1. The van der Waals surface area contributed by atoms with Gasteiger partial charge in [0.2, 0.25) is 0 Å². The van der Waals surface area contributed by atoms with Crippen LogP contribution in [-0.2, 0) is 0 Å². The highest BCUT2D eigenvalue weighted by Gasteiger charge is 2.19. The third-order valence-electron chi connectivity index (χ3n) is 3.71. The lowest BCUT2D eigenvalue weighted by atomic mass is 10.1. The highest BCUT2D eigenvalue weighted by molar-refractivity contribution is 5.33. The third kappa shape index (κ3) is 2.54. The Labute approximate surface area is 117 Å². The van der Waals surface area contributed by atoms with E-state index in [0.29, 0.717) is 11.8 Å². The zero-order valence-electron chi connectivity index (χ0n) is 11.5. The first-order valence-electron chi connectivity index (χ1n) is 6.93. The van der Waals surface area contributed by atoms with Crippen molar-refractivity contribution in [2.24, 2.45) is 0 Å². The maximum Gasteiger partial charge on any atom is 0.168 e. The van der Waals surface area contributed by atoms with Crippen LogP contribution in [0.2, 0.25) is 0 Å². The predicted octanol–water partition coefficient (Wildman–Crippen LogP) is 3.05. The van der Waals surface area contributed by atoms with E-state index < -0.39 is 0 Å². The number of ether oxygens (including phenoxy) is 1. The van der Waals surface area contributed by atoms with E-state index in [9.17, 15) is 4.39 Å². The van der Waals surface area contributed by atoms with Crippen molar-refractivity contribution in [2.75, 3.05) is 13.1 Å². The fraction of sp³-hybridized carbons (Fsp3) is 0.400. The monoisotopic (exact) mass is 275 g/mol. The van der Waals surface area contributed by atoms with Gasteiger partial charge in [0.05, 0.1) is 17.9 Å². The molecule has 0 radical (unpaired) electrons. The fourth-order valence-electron chi connectivity index (χ4n) is 2.57. The lowest BCUT2D eigenvalue weighted by Gasteiger charge is -2.24. The molecule has 2 heterocycles. The maximum absolute atomic E-state index is 13.6. The minimum Gasteiger partial charge on any atom is -0.451 e. The second-order valence-corrected chi connectivity index (χ2v) is 5.05. The normalized spacial score (nSPS) is 16.3. The Hall–Kier alpha value is -1.88. The fourth-order valence-corrected chi connectivity index (χ4v) is 2.57. The third-order valence-corrected chi connectivity index (χ3v) is 3.71. The Morgan fingerprint density at radius 3 is 2.75 bits per heavy atom. The van der Waals surface area contributed by atoms with Crippen LogP contribution >= 0.6 is 0 Å². The van der Waals surface area contributed by atoms with E-state index in [1.807, 2.05) is 11.6 Å². The van der Waals surface area contributed by atoms with Crippen LogP contribution in [0, 0.1) is 12.7 Å². The number of aromatic nitrogens is 2. The average molecular weight is 275 g/mol. The van der Waals surface area contributed by atoms with Crippen LogP contribution in [0.25, 0.3) is 0 Å². The molecular weight excluding hydrogens is 257 g/mol. The zero-order valence-corrected chi connectivity index (χ0v) is 11.5. The second kappa shape index (κ2) is 5.63. The Morgan fingerprint density at radius 1 is 1.25 bits per heavy atom. The number of hydrogen-bond donors (Lipinski definition) is 1. The number of nitrogens with one attached hydrogen (secondary N) is 1. The maximum atomic E-state index is 13.6. The number of hydrogen-bond acceptors (Lipinski definition) is 3. The smallest absolute Gasteiger partial charge is 0.168 e. The molecule has 1 saturated heterocycles. The molecule has 0 aliphatic carbocycles. The summed E-state index contributed by atoms with van der Waals surface area (Å²) in [5.74, 6) is 0.496. The van der Waals surface area contributed by atoms with Gasteiger partial charge in [-0.05, 0) is 45.0 Å². The number of para-hydroxylation sites is 1. The first-order valence-corrected chi connectivity index (χ1v) is 6.93. The van der Waals surface area contributed by atoms with Crippen LogP contribution in [0.4, 0.5) is 4.39 Å². The van der Waals surface area contributed by atoms with E-state index in [0.717, 1.165) is 31.6 Å². The zero-order chi connectivity index (χ0) is 13.9. The van der Waals surface area contributed by atoms with Crippen molar-refractivity contribution in [3.63, 3.8) is 0 Å². The summed E-state index contributed by atoms with van der Waals surface area (Å²) in [7, 11) is 0. The molecule has 0 saturated carbocycles. The number of piperidine rings is 1. The molecule has 1 aliphatic rings. The summed E-state index contributed by atoms with van der Waals surface area (Å²) in [5, 5.41) is 7.74. The summed E-state index contributed by atoms with van der Waals surface area (Å²) in [5.41, 5.74) is 0.945. The first kappa shape index (κ1) is 13.1. The van der Waals surface area contributed by atoms with Crippen LogP contribution in [-0.4, -0.2) is 22.9 Å². The molecule has 1 N–H and O–H groups in total. The van der Waals surface area contributed by atoms with Gasteiger partial charge in [-0.25, -0.2) is 4.39 Å². The van der Waals surface area contributed by atoms with E-state index in [1.165, 1.54) is 6.07 Å². The highest BCUT2D eigenvalue weighted by atomic mass is 19.1.